The zero-order chi connectivity index (χ0) is 11.8. The smallest absolute Gasteiger partial charge is 0.143 e. The predicted octanol–water partition coefficient (Wildman–Crippen LogP) is 1.89. The average Bonchev–Trinajstić information content (AvgIpc) is 2.15. The van der Waals surface area contributed by atoms with Crippen LogP contribution in [0.1, 0.15) is 40.0 Å². The number of rotatable bonds is 7. The van der Waals surface area contributed by atoms with Gasteiger partial charge in [-0.05, 0) is 33.6 Å². The fraction of sp³-hybridized carbons (Fsp3) is 0.667. The van der Waals surface area contributed by atoms with E-state index in [-0.39, 0.29) is 11.6 Å². The lowest BCUT2D eigenvalue weighted by atomic mass is 9.98. The van der Waals surface area contributed by atoms with Crippen molar-refractivity contribution in [3.63, 3.8) is 0 Å². The summed E-state index contributed by atoms with van der Waals surface area (Å²) in [7, 11) is 0. The van der Waals surface area contributed by atoms with E-state index in [1.165, 1.54) is 6.92 Å². The molecule has 0 fully saturated rings. The molecule has 0 saturated carbocycles. The molecule has 0 rings (SSSR count). The highest BCUT2D eigenvalue weighted by atomic mass is 16.3. The molecule has 3 nitrogen and oxygen atoms in total. The van der Waals surface area contributed by atoms with Crippen LogP contribution >= 0.6 is 0 Å². The van der Waals surface area contributed by atoms with E-state index < -0.39 is 12.0 Å². The molecule has 0 aliphatic heterocycles. The minimum atomic E-state index is -0.467. The molecule has 0 bridgehead atoms. The highest BCUT2D eigenvalue weighted by Gasteiger charge is 2.16. The van der Waals surface area contributed by atoms with Gasteiger partial charge in [0, 0.05) is 6.42 Å². The van der Waals surface area contributed by atoms with Crippen LogP contribution in [0.3, 0.4) is 0 Å². The number of hydrogen-bond donors (Lipinski definition) is 1. The Bertz CT molecular complexity index is 241. The van der Waals surface area contributed by atoms with Crippen molar-refractivity contribution in [1.82, 2.24) is 0 Å². The van der Waals surface area contributed by atoms with Gasteiger partial charge in [-0.3, -0.25) is 9.59 Å². The van der Waals surface area contributed by atoms with Crippen LogP contribution in [0, 0.1) is 5.92 Å². The minimum Gasteiger partial charge on any atom is -0.389 e. The average molecular weight is 212 g/mol. The second kappa shape index (κ2) is 7.35. The fourth-order valence-electron chi connectivity index (χ4n) is 1.13. The maximum Gasteiger partial charge on any atom is 0.143 e. The molecule has 0 radical (unpaired) electrons. The lowest BCUT2D eigenvalue weighted by Gasteiger charge is -2.04. The quantitative estimate of drug-likeness (QED) is 0.398. The highest BCUT2D eigenvalue weighted by Crippen LogP contribution is 2.06. The first-order chi connectivity index (χ1) is 6.95. The van der Waals surface area contributed by atoms with Gasteiger partial charge in [-0.15, -0.1) is 0 Å². The molecule has 1 N–H and O–H groups in total. The third kappa shape index (κ3) is 7.03. The topological polar surface area (TPSA) is 54.4 Å². The minimum absolute atomic E-state index is 0.00736. The second-order valence-electron chi connectivity index (χ2n) is 3.86. The van der Waals surface area contributed by atoms with Crippen molar-refractivity contribution in [2.75, 3.05) is 0 Å². The van der Waals surface area contributed by atoms with Gasteiger partial charge < -0.3 is 5.11 Å². The van der Waals surface area contributed by atoms with Crippen LogP contribution in [0.2, 0.25) is 0 Å². The van der Waals surface area contributed by atoms with Crippen molar-refractivity contribution in [2.45, 2.75) is 46.1 Å². The summed E-state index contributed by atoms with van der Waals surface area (Å²) >= 11 is 0. The first-order valence-electron chi connectivity index (χ1n) is 5.33. The van der Waals surface area contributed by atoms with E-state index in [1.807, 2.05) is 6.08 Å². The van der Waals surface area contributed by atoms with Crippen molar-refractivity contribution >= 4 is 11.6 Å². The van der Waals surface area contributed by atoms with Crippen molar-refractivity contribution in [1.29, 1.82) is 0 Å². The van der Waals surface area contributed by atoms with Gasteiger partial charge in [0.1, 0.15) is 11.6 Å². The summed E-state index contributed by atoms with van der Waals surface area (Å²) in [6.45, 7) is 4.77. The number of carbonyl (C=O) groups excluding carboxylic acids is 2. The molecule has 0 saturated heterocycles. The SMILES string of the molecule is CC(=O)C(C)C(=O)CCC/C=C/C(C)O. The van der Waals surface area contributed by atoms with Crippen molar-refractivity contribution in [3.05, 3.63) is 12.2 Å². The van der Waals surface area contributed by atoms with E-state index in [1.54, 1.807) is 19.9 Å². The number of ketones is 2. The van der Waals surface area contributed by atoms with Gasteiger partial charge in [-0.1, -0.05) is 12.2 Å². The molecule has 0 aromatic heterocycles. The number of carbonyl (C=O) groups is 2. The van der Waals surface area contributed by atoms with Crippen LogP contribution in [0.5, 0.6) is 0 Å². The van der Waals surface area contributed by atoms with Gasteiger partial charge >= 0.3 is 0 Å². The molecule has 0 aromatic carbocycles. The third-order valence-electron chi connectivity index (χ3n) is 2.30. The lowest BCUT2D eigenvalue weighted by molar-refractivity contribution is -0.130. The Labute approximate surface area is 91.2 Å². The Hall–Kier alpha value is -0.960. The highest BCUT2D eigenvalue weighted by molar-refractivity contribution is 6.00. The molecule has 0 aliphatic carbocycles. The van der Waals surface area contributed by atoms with E-state index in [9.17, 15) is 9.59 Å². The largest absolute Gasteiger partial charge is 0.389 e. The second-order valence-corrected chi connectivity index (χ2v) is 3.86. The normalized spacial score (nSPS) is 15.2. The molecular formula is C12H20O3. The molecule has 2 atom stereocenters. The summed E-state index contributed by atoms with van der Waals surface area (Å²) in [5.41, 5.74) is 0. The molecular weight excluding hydrogens is 192 g/mol. The Balaban J connectivity index is 3.69. The Morgan fingerprint density at radius 1 is 1.33 bits per heavy atom. The number of unbranched alkanes of at least 4 members (excludes halogenated alkanes) is 1. The van der Waals surface area contributed by atoms with E-state index >= 15 is 0 Å². The van der Waals surface area contributed by atoms with Gasteiger partial charge in [0.15, 0.2) is 0 Å². The summed E-state index contributed by atoms with van der Waals surface area (Å²) in [4.78, 5) is 22.3. The van der Waals surface area contributed by atoms with Gasteiger partial charge in [0.05, 0.1) is 12.0 Å². The molecule has 0 spiro atoms. The number of Topliss-reactive ketones (excluding diaryl/α,β-unsaturated/α-hetero) is 2. The monoisotopic (exact) mass is 212 g/mol. The Morgan fingerprint density at radius 3 is 2.40 bits per heavy atom. The number of aliphatic hydroxyl groups is 1. The molecule has 0 aliphatic rings. The molecule has 86 valence electrons. The fourth-order valence-corrected chi connectivity index (χ4v) is 1.13. The summed E-state index contributed by atoms with van der Waals surface area (Å²) < 4.78 is 0. The number of allylic oxidation sites excluding steroid dienone is 1. The maximum absolute atomic E-state index is 11.4. The summed E-state index contributed by atoms with van der Waals surface area (Å²) in [5, 5.41) is 8.92. The van der Waals surface area contributed by atoms with E-state index in [4.69, 9.17) is 5.11 Å². The van der Waals surface area contributed by atoms with E-state index in [0.29, 0.717) is 6.42 Å². The van der Waals surface area contributed by atoms with Gasteiger partial charge in [0.25, 0.3) is 0 Å². The number of hydrogen-bond acceptors (Lipinski definition) is 3. The molecule has 0 aromatic rings. The van der Waals surface area contributed by atoms with Crippen molar-refractivity contribution in [2.24, 2.45) is 5.92 Å². The van der Waals surface area contributed by atoms with Crippen molar-refractivity contribution < 1.29 is 14.7 Å². The van der Waals surface area contributed by atoms with Gasteiger partial charge in [-0.2, -0.15) is 0 Å². The van der Waals surface area contributed by atoms with Gasteiger partial charge in [0.2, 0.25) is 0 Å². The molecule has 0 amide bonds. The predicted molar refractivity (Wildman–Crippen MR) is 59.5 cm³/mol. The van der Waals surface area contributed by atoms with Crippen LogP contribution in [0.15, 0.2) is 12.2 Å². The first-order valence-corrected chi connectivity index (χ1v) is 5.33. The standard InChI is InChI=1S/C12H20O3/c1-9(13)7-5-4-6-8-12(15)10(2)11(3)14/h5,7,9-10,13H,4,6,8H2,1-3H3/b7-5+. The molecule has 15 heavy (non-hydrogen) atoms. The first kappa shape index (κ1) is 14.0. The Morgan fingerprint density at radius 2 is 1.93 bits per heavy atom. The molecule has 2 unspecified atom stereocenters. The lowest BCUT2D eigenvalue weighted by Crippen LogP contribution is -2.17. The van der Waals surface area contributed by atoms with Crippen LogP contribution < -0.4 is 0 Å². The summed E-state index contributed by atoms with van der Waals surface area (Å²) in [6, 6.07) is 0. The molecule has 3 heteroatoms. The molecule has 0 heterocycles. The number of aliphatic hydroxyl groups excluding tert-OH is 1. The summed E-state index contributed by atoms with van der Waals surface area (Å²) in [5.74, 6) is -0.529. The zero-order valence-electron chi connectivity index (χ0n) is 9.69. The zero-order valence-corrected chi connectivity index (χ0v) is 9.69. The Kier molecular flexibility index (Phi) is 6.88. The third-order valence-corrected chi connectivity index (χ3v) is 2.30. The van der Waals surface area contributed by atoms with E-state index in [2.05, 4.69) is 0 Å². The van der Waals surface area contributed by atoms with Crippen LogP contribution in [-0.2, 0) is 9.59 Å². The van der Waals surface area contributed by atoms with Crippen LogP contribution in [-0.4, -0.2) is 22.8 Å². The van der Waals surface area contributed by atoms with Crippen LogP contribution in [0.4, 0.5) is 0 Å². The summed E-state index contributed by atoms with van der Waals surface area (Å²) in [6.07, 6.45) is 5.05. The van der Waals surface area contributed by atoms with E-state index in [0.717, 1.165) is 12.8 Å². The van der Waals surface area contributed by atoms with Crippen LogP contribution in [0.25, 0.3) is 0 Å². The maximum atomic E-state index is 11.4. The van der Waals surface area contributed by atoms with Crippen molar-refractivity contribution in [3.8, 4) is 0 Å². The van der Waals surface area contributed by atoms with Gasteiger partial charge in [-0.25, -0.2) is 0 Å².